The van der Waals surface area contributed by atoms with E-state index >= 15 is 0 Å². The summed E-state index contributed by atoms with van der Waals surface area (Å²) in [6.45, 7) is 4.51. The van der Waals surface area contributed by atoms with Gasteiger partial charge in [-0.15, -0.1) is 0 Å². The molecule has 1 aliphatic heterocycles. The minimum absolute atomic E-state index is 0.0366. The van der Waals surface area contributed by atoms with Gasteiger partial charge in [0, 0.05) is 20.1 Å². The summed E-state index contributed by atoms with van der Waals surface area (Å²) in [6.07, 6.45) is -0.208. The molecule has 0 radical (unpaired) electrons. The maximum Gasteiger partial charge on any atom is 0.304 e. The molecule has 8 heteroatoms. The van der Waals surface area contributed by atoms with Crippen LogP contribution in [0.5, 0.6) is 0 Å². The number of aliphatic carboxylic acids is 1. The lowest BCUT2D eigenvalue weighted by Crippen LogP contribution is -2.58. The second-order valence-corrected chi connectivity index (χ2v) is 6.87. The number of morpholine rings is 1. The first-order chi connectivity index (χ1) is 8.18. The Morgan fingerprint density at radius 3 is 2.61 bits per heavy atom. The zero-order valence-electron chi connectivity index (χ0n) is 10.9. The third kappa shape index (κ3) is 3.41. The SMILES string of the molecule is CN(CCC(=O)O)S(=O)(=O)N1CCOCC1(C)C. The molecule has 1 N–H and O–H groups in total. The molecular weight excluding hydrogens is 260 g/mol. The van der Waals surface area contributed by atoms with E-state index in [2.05, 4.69) is 0 Å². The smallest absolute Gasteiger partial charge is 0.304 e. The number of ether oxygens (including phenoxy) is 1. The highest BCUT2D eigenvalue weighted by Crippen LogP contribution is 2.24. The summed E-state index contributed by atoms with van der Waals surface area (Å²) in [5.74, 6) is -1.02. The second-order valence-electron chi connectivity index (χ2n) is 4.91. The van der Waals surface area contributed by atoms with Crippen molar-refractivity contribution < 1.29 is 23.1 Å². The van der Waals surface area contributed by atoms with Crippen LogP contribution in [0.2, 0.25) is 0 Å². The summed E-state index contributed by atoms with van der Waals surface area (Å²) in [4.78, 5) is 10.5. The van der Waals surface area contributed by atoms with Crippen LogP contribution in [0, 0.1) is 0 Å². The van der Waals surface area contributed by atoms with Crippen molar-refractivity contribution in [2.45, 2.75) is 25.8 Å². The summed E-state index contributed by atoms with van der Waals surface area (Å²) >= 11 is 0. The molecule has 0 aromatic rings. The molecule has 0 amide bonds. The van der Waals surface area contributed by atoms with E-state index in [0.717, 1.165) is 4.31 Å². The lowest BCUT2D eigenvalue weighted by Gasteiger charge is -2.42. The molecule has 1 aliphatic rings. The van der Waals surface area contributed by atoms with Crippen LogP contribution in [-0.4, -0.2) is 67.0 Å². The summed E-state index contributed by atoms with van der Waals surface area (Å²) < 4.78 is 32.3. The van der Waals surface area contributed by atoms with Crippen molar-refractivity contribution in [3.63, 3.8) is 0 Å². The van der Waals surface area contributed by atoms with Crippen molar-refractivity contribution in [3.8, 4) is 0 Å². The first-order valence-electron chi connectivity index (χ1n) is 5.71. The molecule has 0 spiro atoms. The van der Waals surface area contributed by atoms with Crippen molar-refractivity contribution in [1.82, 2.24) is 8.61 Å². The van der Waals surface area contributed by atoms with Crippen LogP contribution < -0.4 is 0 Å². The first kappa shape index (κ1) is 15.4. The maximum atomic E-state index is 12.3. The fourth-order valence-electron chi connectivity index (χ4n) is 1.81. The fraction of sp³-hybridized carbons (Fsp3) is 0.900. The first-order valence-corrected chi connectivity index (χ1v) is 7.11. The van der Waals surface area contributed by atoms with Crippen molar-refractivity contribution in [2.24, 2.45) is 0 Å². The zero-order chi connectivity index (χ0) is 14.0. The molecule has 0 bridgehead atoms. The van der Waals surface area contributed by atoms with Crippen LogP contribution in [0.25, 0.3) is 0 Å². The molecule has 1 heterocycles. The van der Waals surface area contributed by atoms with E-state index < -0.39 is 21.7 Å². The van der Waals surface area contributed by atoms with Gasteiger partial charge in [-0.2, -0.15) is 17.0 Å². The number of carboxylic acids is 1. The Labute approximate surface area is 108 Å². The maximum absolute atomic E-state index is 12.3. The van der Waals surface area contributed by atoms with E-state index in [1.807, 2.05) is 0 Å². The summed E-state index contributed by atoms with van der Waals surface area (Å²) in [7, 11) is -2.25. The van der Waals surface area contributed by atoms with Gasteiger partial charge in [0.05, 0.1) is 25.2 Å². The van der Waals surface area contributed by atoms with Crippen LogP contribution in [0.3, 0.4) is 0 Å². The topological polar surface area (TPSA) is 87.2 Å². The molecule has 0 aromatic heterocycles. The third-order valence-corrected chi connectivity index (χ3v) is 5.09. The number of nitrogens with zero attached hydrogens (tertiary/aromatic N) is 2. The summed E-state index contributed by atoms with van der Waals surface area (Å²) in [5.41, 5.74) is -0.617. The predicted molar refractivity (Wildman–Crippen MR) is 65.4 cm³/mol. The van der Waals surface area contributed by atoms with Crippen LogP contribution >= 0.6 is 0 Å². The molecule has 106 valence electrons. The molecular formula is C10H20N2O5S. The van der Waals surface area contributed by atoms with Gasteiger partial charge in [0.25, 0.3) is 10.2 Å². The van der Waals surface area contributed by atoms with Gasteiger partial charge in [-0.05, 0) is 13.8 Å². The molecule has 0 aliphatic carbocycles. The van der Waals surface area contributed by atoms with Crippen molar-refractivity contribution >= 4 is 16.2 Å². The van der Waals surface area contributed by atoms with Gasteiger partial charge in [0.15, 0.2) is 0 Å². The molecule has 0 aromatic carbocycles. The monoisotopic (exact) mass is 280 g/mol. The Hall–Kier alpha value is -0.700. The quantitative estimate of drug-likeness (QED) is 0.750. The zero-order valence-corrected chi connectivity index (χ0v) is 11.7. The van der Waals surface area contributed by atoms with Gasteiger partial charge in [0.2, 0.25) is 0 Å². The molecule has 18 heavy (non-hydrogen) atoms. The van der Waals surface area contributed by atoms with Gasteiger partial charge in [0.1, 0.15) is 0 Å². The Morgan fingerprint density at radius 1 is 1.50 bits per heavy atom. The average Bonchev–Trinajstić information content (AvgIpc) is 2.24. The predicted octanol–water partition coefficient (Wildman–Crippen LogP) is -0.251. The minimum atomic E-state index is -3.64. The second kappa shape index (κ2) is 5.52. The lowest BCUT2D eigenvalue weighted by molar-refractivity contribution is -0.137. The van der Waals surface area contributed by atoms with E-state index in [0.29, 0.717) is 13.2 Å². The molecule has 0 atom stereocenters. The van der Waals surface area contributed by atoms with Gasteiger partial charge < -0.3 is 9.84 Å². The molecule has 1 rings (SSSR count). The summed E-state index contributed by atoms with van der Waals surface area (Å²) in [5, 5.41) is 8.59. The van der Waals surface area contributed by atoms with Gasteiger partial charge in [-0.25, -0.2) is 0 Å². The van der Waals surface area contributed by atoms with Crippen LogP contribution in [0.1, 0.15) is 20.3 Å². The molecule has 1 saturated heterocycles. The molecule has 7 nitrogen and oxygen atoms in total. The van der Waals surface area contributed by atoms with Crippen LogP contribution in [0.4, 0.5) is 0 Å². The molecule has 0 saturated carbocycles. The number of hydrogen-bond donors (Lipinski definition) is 1. The third-order valence-electron chi connectivity index (χ3n) is 2.88. The Bertz CT molecular complexity index is 406. The average molecular weight is 280 g/mol. The highest BCUT2D eigenvalue weighted by atomic mass is 32.2. The normalized spacial score (nSPS) is 21.1. The molecule has 1 fully saturated rings. The Kier molecular flexibility index (Phi) is 4.71. The fourth-order valence-corrected chi connectivity index (χ4v) is 3.45. The van der Waals surface area contributed by atoms with Gasteiger partial charge >= 0.3 is 5.97 Å². The van der Waals surface area contributed by atoms with Crippen LogP contribution in [0.15, 0.2) is 0 Å². The minimum Gasteiger partial charge on any atom is -0.481 e. The van der Waals surface area contributed by atoms with Crippen LogP contribution in [-0.2, 0) is 19.7 Å². The largest absolute Gasteiger partial charge is 0.481 e. The van der Waals surface area contributed by atoms with E-state index in [1.54, 1.807) is 13.8 Å². The number of hydrogen-bond acceptors (Lipinski definition) is 4. The Balaban J connectivity index is 2.81. The van der Waals surface area contributed by atoms with Crippen molar-refractivity contribution in [3.05, 3.63) is 0 Å². The van der Waals surface area contributed by atoms with Crippen molar-refractivity contribution in [1.29, 1.82) is 0 Å². The van der Waals surface area contributed by atoms with E-state index in [9.17, 15) is 13.2 Å². The lowest BCUT2D eigenvalue weighted by atomic mass is 10.1. The summed E-state index contributed by atoms with van der Waals surface area (Å²) in [6, 6.07) is 0. The number of rotatable bonds is 5. The molecule has 0 unspecified atom stereocenters. The van der Waals surface area contributed by atoms with E-state index in [4.69, 9.17) is 9.84 Å². The highest BCUT2D eigenvalue weighted by molar-refractivity contribution is 7.86. The standard InChI is InChI=1S/C10H20N2O5S/c1-10(2)8-17-7-6-12(10)18(15,16)11(3)5-4-9(13)14/h4-8H2,1-3H3,(H,13,14). The van der Waals surface area contributed by atoms with Gasteiger partial charge in [-0.3, -0.25) is 4.79 Å². The number of carboxylic acid groups (broad SMARTS) is 1. The van der Waals surface area contributed by atoms with E-state index in [-0.39, 0.29) is 19.5 Å². The van der Waals surface area contributed by atoms with Crippen molar-refractivity contribution in [2.75, 3.05) is 33.4 Å². The number of carbonyl (C=O) groups is 1. The highest BCUT2D eigenvalue weighted by Gasteiger charge is 2.40. The van der Waals surface area contributed by atoms with E-state index in [1.165, 1.54) is 11.4 Å². The Morgan fingerprint density at radius 2 is 2.11 bits per heavy atom. The van der Waals surface area contributed by atoms with Gasteiger partial charge in [-0.1, -0.05) is 0 Å².